The Labute approximate surface area is 200 Å². The van der Waals surface area contributed by atoms with E-state index in [1.54, 1.807) is 21.3 Å². The monoisotopic (exact) mass is 482 g/mol. The maximum atomic E-state index is 13.1. The molecular formula is C25H25F3N6O. The van der Waals surface area contributed by atoms with Gasteiger partial charge < -0.3 is 5.32 Å². The Bertz CT molecular complexity index is 1390. The molecule has 0 aliphatic carbocycles. The zero-order valence-electron chi connectivity index (χ0n) is 19.4. The van der Waals surface area contributed by atoms with Crippen LogP contribution in [0.2, 0.25) is 0 Å². The van der Waals surface area contributed by atoms with E-state index in [0.29, 0.717) is 41.5 Å². The molecule has 0 fully saturated rings. The SMILES string of the molecule is CCc1nc2ncc(C)cn2c1C(=O)NCc1ccc(-c2cc3n(n2)CCC(C(F)(F)F)C3)cc1. The topological polar surface area (TPSA) is 77.1 Å². The predicted molar refractivity (Wildman–Crippen MR) is 124 cm³/mol. The first-order valence-electron chi connectivity index (χ1n) is 11.6. The minimum Gasteiger partial charge on any atom is -0.347 e. The molecular weight excluding hydrogens is 457 g/mol. The number of hydrogen-bond donors (Lipinski definition) is 1. The summed E-state index contributed by atoms with van der Waals surface area (Å²) in [6.45, 7) is 4.44. The van der Waals surface area contributed by atoms with E-state index in [9.17, 15) is 18.0 Å². The van der Waals surface area contributed by atoms with Crippen molar-refractivity contribution in [1.82, 2.24) is 29.5 Å². The second kappa shape index (κ2) is 8.83. The van der Waals surface area contributed by atoms with E-state index in [1.807, 2.05) is 44.3 Å². The zero-order chi connectivity index (χ0) is 24.7. The van der Waals surface area contributed by atoms with Gasteiger partial charge in [0.05, 0.1) is 17.3 Å². The Balaban J connectivity index is 1.28. The molecule has 35 heavy (non-hydrogen) atoms. The van der Waals surface area contributed by atoms with E-state index in [1.165, 1.54) is 0 Å². The minimum atomic E-state index is -4.18. The van der Waals surface area contributed by atoms with Crippen molar-refractivity contribution in [2.24, 2.45) is 5.92 Å². The summed E-state index contributed by atoms with van der Waals surface area (Å²) in [5.41, 5.74) is 5.07. The molecule has 1 amide bonds. The highest BCUT2D eigenvalue weighted by Crippen LogP contribution is 2.35. The molecule has 3 aromatic heterocycles. The van der Waals surface area contributed by atoms with Crippen molar-refractivity contribution < 1.29 is 18.0 Å². The number of alkyl halides is 3. The lowest BCUT2D eigenvalue weighted by Gasteiger charge is -2.25. The van der Waals surface area contributed by atoms with Crippen molar-refractivity contribution in [2.45, 2.75) is 52.4 Å². The highest BCUT2D eigenvalue weighted by molar-refractivity contribution is 5.94. The third-order valence-electron chi connectivity index (χ3n) is 6.40. The average molecular weight is 483 g/mol. The number of nitrogens with zero attached hydrogens (tertiary/aromatic N) is 5. The first-order chi connectivity index (χ1) is 16.7. The second-order valence-corrected chi connectivity index (χ2v) is 8.92. The number of carbonyl (C=O) groups excluding carboxylic acids is 1. The van der Waals surface area contributed by atoms with Crippen LogP contribution in [-0.2, 0) is 25.9 Å². The van der Waals surface area contributed by atoms with Crippen LogP contribution in [0, 0.1) is 12.8 Å². The average Bonchev–Trinajstić information content (AvgIpc) is 3.42. The predicted octanol–water partition coefficient (Wildman–Crippen LogP) is 4.52. The lowest BCUT2D eigenvalue weighted by molar-refractivity contribution is -0.179. The number of rotatable bonds is 5. The molecule has 10 heteroatoms. The van der Waals surface area contributed by atoms with E-state index < -0.39 is 12.1 Å². The van der Waals surface area contributed by atoms with Crippen LogP contribution in [0.5, 0.6) is 0 Å². The van der Waals surface area contributed by atoms with Crippen LogP contribution in [0.1, 0.15) is 46.3 Å². The number of nitrogens with one attached hydrogen (secondary N) is 1. The van der Waals surface area contributed by atoms with Crippen LogP contribution < -0.4 is 5.32 Å². The molecule has 1 atom stereocenters. The van der Waals surface area contributed by atoms with Gasteiger partial charge >= 0.3 is 6.18 Å². The van der Waals surface area contributed by atoms with Gasteiger partial charge in [-0.15, -0.1) is 0 Å². The normalized spacial score (nSPS) is 15.9. The molecule has 5 rings (SSSR count). The Morgan fingerprint density at radius 2 is 2.00 bits per heavy atom. The number of fused-ring (bicyclic) bond motifs is 2. The summed E-state index contributed by atoms with van der Waals surface area (Å²) in [6.07, 6.45) is 0.00297. The van der Waals surface area contributed by atoms with E-state index in [2.05, 4.69) is 20.4 Å². The number of amides is 1. The molecule has 1 aromatic carbocycles. The first kappa shape index (κ1) is 23.1. The molecule has 1 unspecified atom stereocenters. The molecule has 0 saturated carbocycles. The maximum Gasteiger partial charge on any atom is 0.392 e. The third-order valence-corrected chi connectivity index (χ3v) is 6.40. The van der Waals surface area contributed by atoms with Crippen molar-refractivity contribution in [3.05, 3.63) is 70.9 Å². The van der Waals surface area contributed by atoms with Crippen LogP contribution in [0.15, 0.2) is 42.7 Å². The molecule has 1 aliphatic rings. The van der Waals surface area contributed by atoms with Crippen molar-refractivity contribution in [1.29, 1.82) is 0 Å². The summed E-state index contributed by atoms with van der Waals surface area (Å²) < 4.78 is 42.7. The van der Waals surface area contributed by atoms with Gasteiger partial charge in [0.1, 0.15) is 5.69 Å². The van der Waals surface area contributed by atoms with E-state index >= 15 is 0 Å². The molecule has 182 valence electrons. The molecule has 4 aromatic rings. The summed E-state index contributed by atoms with van der Waals surface area (Å²) >= 11 is 0. The fraction of sp³-hybridized carbons (Fsp3) is 0.360. The molecule has 0 spiro atoms. The summed E-state index contributed by atoms with van der Waals surface area (Å²) in [7, 11) is 0. The minimum absolute atomic E-state index is 0.0430. The van der Waals surface area contributed by atoms with Gasteiger partial charge in [-0.25, -0.2) is 9.97 Å². The van der Waals surface area contributed by atoms with Gasteiger partial charge in [-0.2, -0.15) is 18.3 Å². The van der Waals surface area contributed by atoms with Crippen molar-refractivity contribution >= 4 is 11.7 Å². The zero-order valence-corrected chi connectivity index (χ0v) is 19.4. The second-order valence-electron chi connectivity index (χ2n) is 8.92. The van der Waals surface area contributed by atoms with Crippen LogP contribution in [0.25, 0.3) is 17.0 Å². The first-order valence-corrected chi connectivity index (χ1v) is 11.6. The Hall–Kier alpha value is -3.69. The van der Waals surface area contributed by atoms with Gasteiger partial charge in [0.15, 0.2) is 0 Å². The van der Waals surface area contributed by atoms with Gasteiger partial charge in [0, 0.05) is 43.2 Å². The molecule has 0 bridgehead atoms. The third kappa shape index (κ3) is 4.52. The van der Waals surface area contributed by atoms with Crippen LogP contribution >= 0.6 is 0 Å². The van der Waals surface area contributed by atoms with Crippen LogP contribution in [-0.4, -0.2) is 36.2 Å². The summed E-state index contributed by atoms with van der Waals surface area (Å²) in [4.78, 5) is 21.7. The smallest absolute Gasteiger partial charge is 0.347 e. The quantitative estimate of drug-likeness (QED) is 0.454. The number of imidazole rings is 1. The van der Waals surface area contributed by atoms with Gasteiger partial charge in [-0.1, -0.05) is 31.2 Å². The van der Waals surface area contributed by atoms with Gasteiger partial charge in [-0.05, 0) is 37.0 Å². The summed E-state index contributed by atoms with van der Waals surface area (Å²) in [6, 6.07) is 9.24. The lowest BCUT2D eigenvalue weighted by atomic mass is 9.95. The van der Waals surface area contributed by atoms with Gasteiger partial charge in [-0.3, -0.25) is 13.9 Å². The number of aryl methyl sites for hydroxylation is 3. The molecule has 0 radical (unpaired) electrons. The van der Waals surface area contributed by atoms with E-state index in [4.69, 9.17) is 0 Å². The number of carbonyl (C=O) groups is 1. The summed E-state index contributed by atoms with van der Waals surface area (Å²) in [5, 5.41) is 7.45. The van der Waals surface area contributed by atoms with E-state index in [-0.39, 0.29) is 25.3 Å². The van der Waals surface area contributed by atoms with Gasteiger partial charge in [0.2, 0.25) is 5.78 Å². The molecule has 0 saturated heterocycles. The highest BCUT2D eigenvalue weighted by Gasteiger charge is 2.41. The molecule has 1 N–H and O–H groups in total. The lowest BCUT2D eigenvalue weighted by Crippen LogP contribution is -2.31. The standard InChI is InChI=1S/C25H25F3N6O/c1-3-20-22(33-14-15(2)12-30-24(33)31-20)23(35)29-13-16-4-6-17(7-5-16)21-11-19-10-18(25(26,27)28)8-9-34(19)32-21/h4-7,11-12,14,18H,3,8-10,13H2,1-2H3,(H,29,35). The number of hydrogen-bond acceptors (Lipinski definition) is 4. The van der Waals surface area contributed by atoms with Crippen molar-refractivity contribution in [2.75, 3.05) is 0 Å². The largest absolute Gasteiger partial charge is 0.392 e. The fourth-order valence-corrected chi connectivity index (χ4v) is 4.49. The number of halogens is 3. The number of benzene rings is 1. The van der Waals surface area contributed by atoms with Crippen LogP contribution in [0.4, 0.5) is 13.2 Å². The van der Waals surface area contributed by atoms with Gasteiger partial charge in [0.25, 0.3) is 5.91 Å². The van der Waals surface area contributed by atoms with Crippen molar-refractivity contribution in [3.8, 4) is 11.3 Å². The summed E-state index contributed by atoms with van der Waals surface area (Å²) in [5.74, 6) is -1.05. The number of aromatic nitrogens is 5. The fourth-order valence-electron chi connectivity index (χ4n) is 4.49. The Morgan fingerprint density at radius 1 is 1.23 bits per heavy atom. The molecule has 7 nitrogen and oxygen atoms in total. The van der Waals surface area contributed by atoms with E-state index in [0.717, 1.165) is 16.7 Å². The molecule has 1 aliphatic heterocycles. The maximum absolute atomic E-state index is 13.1. The highest BCUT2D eigenvalue weighted by atomic mass is 19.4. The molecule has 4 heterocycles. The Kier molecular flexibility index (Phi) is 5.82. The van der Waals surface area contributed by atoms with Crippen LogP contribution in [0.3, 0.4) is 0 Å². The van der Waals surface area contributed by atoms with Crippen molar-refractivity contribution in [3.63, 3.8) is 0 Å². The Morgan fingerprint density at radius 3 is 2.71 bits per heavy atom.